The molecule has 0 saturated carbocycles. The molecule has 1 aliphatic heterocycles. The summed E-state index contributed by atoms with van der Waals surface area (Å²) < 4.78 is 5.18. The van der Waals surface area contributed by atoms with E-state index in [2.05, 4.69) is 0 Å². The number of aliphatic hydroxyl groups excluding tert-OH is 2. The average molecular weight is 175 g/mol. The van der Waals surface area contributed by atoms with Crippen LogP contribution in [0.4, 0.5) is 0 Å². The van der Waals surface area contributed by atoms with Gasteiger partial charge in [0.05, 0.1) is 18.2 Å². The third kappa shape index (κ3) is 1.95. The van der Waals surface area contributed by atoms with Crippen LogP contribution in [0, 0.1) is 0 Å². The van der Waals surface area contributed by atoms with Gasteiger partial charge in [0.15, 0.2) is 6.29 Å². The lowest BCUT2D eigenvalue weighted by atomic mass is 9.99. The van der Waals surface area contributed by atoms with Crippen molar-refractivity contribution in [3.05, 3.63) is 0 Å². The Bertz CT molecular complexity index is 139. The predicted molar refractivity (Wildman–Crippen MR) is 44.7 cm³/mol. The largest absolute Gasteiger partial charge is 0.391 e. The molecule has 0 spiro atoms. The van der Waals surface area contributed by atoms with Crippen LogP contribution in [0.2, 0.25) is 0 Å². The predicted octanol–water partition coefficient (Wildman–Crippen LogP) is -0.595. The molecule has 12 heavy (non-hydrogen) atoms. The third-order valence-corrected chi connectivity index (χ3v) is 2.29. The lowest BCUT2D eigenvalue weighted by Gasteiger charge is -2.39. The van der Waals surface area contributed by atoms with Crippen molar-refractivity contribution in [2.75, 3.05) is 14.1 Å². The van der Waals surface area contributed by atoms with E-state index in [1.807, 2.05) is 25.9 Å². The first-order valence-corrected chi connectivity index (χ1v) is 4.20. The second kappa shape index (κ2) is 3.70. The molecule has 1 rings (SSSR count). The summed E-state index contributed by atoms with van der Waals surface area (Å²) in [5.74, 6) is 0. The Hall–Kier alpha value is -0.160. The normalized spacial score (nSPS) is 43.5. The van der Waals surface area contributed by atoms with Gasteiger partial charge < -0.3 is 19.8 Å². The summed E-state index contributed by atoms with van der Waals surface area (Å²) in [4.78, 5) is 1.92. The molecule has 4 unspecified atom stereocenters. The van der Waals surface area contributed by atoms with Crippen molar-refractivity contribution in [1.82, 2.24) is 4.90 Å². The molecule has 2 N–H and O–H groups in total. The maximum atomic E-state index is 9.60. The van der Waals surface area contributed by atoms with Crippen LogP contribution in [0.5, 0.6) is 0 Å². The van der Waals surface area contributed by atoms with Crippen molar-refractivity contribution in [1.29, 1.82) is 0 Å². The van der Waals surface area contributed by atoms with Gasteiger partial charge in [0, 0.05) is 6.42 Å². The lowest BCUT2D eigenvalue weighted by Crippen LogP contribution is -2.53. The highest BCUT2D eigenvalue weighted by Crippen LogP contribution is 2.21. The molecule has 0 aliphatic carbocycles. The second-order valence-corrected chi connectivity index (χ2v) is 3.55. The van der Waals surface area contributed by atoms with E-state index in [1.54, 1.807) is 0 Å². The Morgan fingerprint density at radius 3 is 2.33 bits per heavy atom. The summed E-state index contributed by atoms with van der Waals surface area (Å²) in [6.07, 6.45) is -1.14. The molecule has 1 heterocycles. The molecule has 0 aromatic heterocycles. The minimum absolute atomic E-state index is 0.0200. The van der Waals surface area contributed by atoms with Gasteiger partial charge in [0.2, 0.25) is 0 Å². The molecule has 4 nitrogen and oxygen atoms in total. The SMILES string of the molecule is CC1OC(O)CC(O)C1N(C)C. The number of rotatable bonds is 1. The number of hydrogen-bond donors (Lipinski definition) is 2. The Balaban J connectivity index is 2.60. The van der Waals surface area contributed by atoms with E-state index in [9.17, 15) is 5.11 Å². The first kappa shape index (κ1) is 9.92. The fourth-order valence-corrected chi connectivity index (χ4v) is 1.81. The first-order valence-electron chi connectivity index (χ1n) is 4.20. The van der Waals surface area contributed by atoms with Gasteiger partial charge in [-0.25, -0.2) is 0 Å². The Morgan fingerprint density at radius 1 is 1.33 bits per heavy atom. The number of aliphatic hydroxyl groups is 2. The summed E-state index contributed by atoms with van der Waals surface area (Å²) in [6.45, 7) is 1.86. The monoisotopic (exact) mass is 175 g/mol. The van der Waals surface area contributed by atoms with Crippen LogP contribution in [0.15, 0.2) is 0 Å². The topological polar surface area (TPSA) is 52.9 Å². The minimum Gasteiger partial charge on any atom is -0.391 e. The highest BCUT2D eigenvalue weighted by atomic mass is 16.6. The second-order valence-electron chi connectivity index (χ2n) is 3.55. The van der Waals surface area contributed by atoms with Crippen molar-refractivity contribution < 1.29 is 14.9 Å². The smallest absolute Gasteiger partial charge is 0.157 e. The van der Waals surface area contributed by atoms with Gasteiger partial charge in [-0.15, -0.1) is 0 Å². The van der Waals surface area contributed by atoms with E-state index in [4.69, 9.17) is 9.84 Å². The van der Waals surface area contributed by atoms with E-state index in [1.165, 1.54) is 0 Å². The van der Waals surface area contributed by atoms with E-state index >= 15 is 0 Å². The Kier molecular flexibility index (Phi) is 3.06. The van der Waals surface area contributed by atoms with Gasteiger partial charge in [0.25, 0.3) is 0 Å². The number of nitrogens with zero attached hydrogens (tertiary/aromatic N) is 1. The molecule has 0 amide bonds. The van der Waals surface area contributed by atoms with Crippen LogP contribution in [-0.4, -0.2) is 53.7 Å². The number of ether oxygens (including phenoxy) is 1. The van der Waals surface area contributed by atoms with Gasteiger partial charge >= 0.3 is 0 Å². The highest BCUT2D eigenvalue weighted by molar-refractivity contribution is 4.85. The van der Waals surface area contributed by atoms with Crippen molar-refractivity contribution in [2.24, 2.45) is 0 Å². The molecule has 1 fully saturated rings. The zero-order chi connectivity index (χ0) is 9.30. The molecule has 0 aromatic carbocycles. The molecule has 4 atom stereocenters. The average Bonchev–Trinajstić information content (AvgIpc) is 1.82. The van der Waals surface area contributed by atoms with Gasteiger partial charge in [-0.1, -0.05) is 0 Å². The molecule has 0 bridgehead atoms. The molecule has 72 valence electrons. The maximum Gasteiger partial charge on any atom is 0.157 e. The highest BCUT2D eigenvalue weighted by Gasteiger charge is 2.35. The van der Waals surface area contributed by atoms with Crippen molar-refractivity contribution in [3.8, 4) is 0 Å². The lowest BCUT2D eigenvalue weighted by molar-refractivity contribution is -0.209. The third-order valence-electron chi connectivity index (χ3n) is 2.29. The van der Waals surface area contributed by atoms with Gasteiger partial charge in [-0.2, -0.15) is 0 Å². The Morgan fingerprint density at radius 2 is 1.92 bits per heavy atom. The minimum atomic E-state index is -0.814. The quantitative estimate of drug-likeness (QED) is 0.559. The summed E-state index contributed by atoms with van der Waals surface area (Å²) in [5, 5.41) is 18.7. The van der Waals surface area contributed by atoms with E-state index in [-0.39, 0.29) is 12.1 Å². The molecule has 1 saturated heterocycles. The van der Waals surface area contributed by atoms with Crippen molar-refractivity contribution >= 4 is 0 Å². The van der Waals surface area contributed by atoms with E-state index in [0.29, 0.717) is 6.42 Å². The summed E-state index contributed by atoms with van der Waals surface area (Å²) in [7, 11) is 3.79. The molecule has 1 aliphatic rings. The fraction of sp³-hybridized carbons (Fsp3) is 1.00. The van der Waals surface area contributed by atoms with E-state index in [0.717, 1.165) is 0 Å². The molecule has 0 aromatic rings. The summed E-state index contributed by atoms with van der Waals surface area (Å²) in [6, 6.07) is -0.0200. The standard InChI is InChI=1S/C8H17NO3/c1-5-8(9(2)3)6(10)4-7(11)12-5/h5-8,10-11H,4H2,1-3H3. The van der Waals surface area contributed by atoms with Crippen LogP contribution < -0.4 is 0 Å². The van der Waals surface area contributed by atoms with Crippen molar-refractivity contribution in [3.63, 3.8) is 0 Å². The number of likely N-dealkylation sites (N-methyl/N-ethyl adjacent to an activating group) is 1. The van der Waals surface area contributed by atoms with E-state index < -0.39 is 12.4 Å². The summed E-state index contributed by atoms with van der Waals surface area (Å²) >= 11 is 0. The zero-order valence-electron chi connectivity index (χ0n) is 7.77. The Labute approximate surface area is 72.7 Å². The first-order chi connectivity index (χ1) is 5.52. The number of hydrogen-bond acceptors (Lipinski definition) is 4. The van der Waals surface area contributed by atoms with Crippen molar-refractivity contribution in [2.45, 2.75) is 37.9 Å². The molecular weight excluding hydrogens is 158 g/mol. The van der Waals surface area contributed by atoms with Crippen LogP contribution >= 0.6 is 0 Å². The molecule has 0 radical (unpaired) electrons. The van der Waals surface area contributed by atoms with Gasteiger partial charge in [-0.3, -0.25) is 0 Å². The van der Waals surface area contributed by atoms with Crippen LogP contribution in [0.1, 0.15) is 13.3 Å². The van der Waals surface area contributed by atoms with Crippen LogP contribution in [0.25, 0.3) is 0 Å². The van der Waals surface area contributed by atoms with Crippen LogP contribution in [0.3, 0.4) is 0 Å². The summed E-state index contributed by atoms with van der Waals surface area (Å²) in [5.41, 5.74) is 0. The molecule has 4 heteroatoms. The fourth-order valence-electron chi connectivity index (χ4n) is 1.81. The van der Waals surface area contributed by atoms with Gasteiger partial charge in [0.1, 0.15) is 0 Å². The van der Waals surface area contributed by atoms with Gasteiger partial charge in [-0.05, 0) is 21.0 Å². The maximum absolute atomic E-state index is 9.60. The zero-order valence-corrected chi connectivity index (χ0v) is 7.77. The molecular formula is C8H17NO3. The van der Waals surface area contributed by atoms with Crippen LogP contribution in [-0.2, 0) is 4.74 Å².